The summed E-state index contributed by atoms with van der Waals surface area (Å²) in [7, 11) is 0. The lowest BCUT2D eigenvalue weighted by molar-refractivity contribution is 0.128. The number of benzene rings is 1. The SMILES string of the molecule is N#C/C(=N\OCc1cccc(NNC(=O)O)n1)c1ccccc1. The highest BCUT2D eigenvalue weighted by Gasteiger charge is 2.03. The Kier molecular flexibility index (Phi) is 5.48. The molecule has 1 aromatic carbocycles. The van der Waals surface area contributed by atoms with Crippen LogP contribution in [0.15, 0.2) is 53.7 Å². The van der Waals surface area contributed by atoms with E-state index in [1.165, 1.54) is 0 Å². The monoisotopic (exact) mass is 311 g/mol. The minimum absolute atomic E-state index is 0.0423. The Balaban J connectivity index is 1.98. The summed E-state index contributed by atoms with van der Waals surface area (Å²) in [5.41, 5.74) is 5.74. The van der Waals surface area contributed by atoms with Crippen molar-refractivity contribution in [1.29, 1.82) is 5.26 Å². The summed E-state index contributed by atoms with van der Waals surface area (Å²) in [4.78, 5) is 19.7. The second-order valence-corrected chi connectivity index (χ2v) is 4.26. The van der Waals surface area contributed by atoms with E-state index in [4.69, 9.17) is 15.2 Å². The first-order valence-corrected chi connectivity index (χ1v) is 6.55. The fraction of sp³-hybridized carbons (Fsp3) is 0.0667. The molecule has 8 heteroatoms. The van der Waals surface area contributed by atoms with Gasteiger partial charge in [-0.25, -0.2) is 15.2 Å². The molecule has 2 aromatic rings. The van der Waals surface area contributed by atoms with Gasteiger partial charge in [-0.1, -0.05) is 41.6 Å². The van der Waals surface area contributed by atoms with E-state index in [-0.39, 0.29) is 12.3 Å². The van der Waals surface area contributed by atoms with E-state index in [9.17, 15) is 4.79 Å². The molecule has 0 fully saturated rings. The number of carboxylic acid groups (broad SMARTS) is 1. The second-order valence-electron chi connectivity index (χ2n) is 4.26. The summed E-state index contributed by atoms with van der Waals surface area (Å²) in [5, 5.41) is 21.4. The first-order valence-electron chi connectivity index (χ1n) is 6.55. The third-order valence-electron chi connectivity index (χ3n) is 2.63. The van der Waals surface area contributed by atoms with Crippen molar-refractivity contribution in [1.82, 2.24) is 10.4 Å². The normalized spacial score (nSPS) is 10.5. The molecule has 1 heterocycles. The number of hydrazine groups is 1. The van der Waals surface area contributed by atoms with Gasteiger partial charge in [-0.05, 0) is 12.1 Å². The maximum Gasteiger partial charge on any atom is 0.423 e. The van der Waals surface area contributed by atoms with Gasteiger partial charge in [0, 0.05) is 5.56 Å². The first-order chi connectivity index (χ1) is 11.2. The van der Waals surface area contributed by atoms with Crippen LogP contribution in [0.4, 0.5) is 10.6 Å². The molecule has 1 aromatic heterocycles. The number of hydrogen-bond donors (Lipinski definition) is 3. The fourth-order valence-corrected chi connectivity index (χ4v) is 1.64. The third kappa shape index (κ3) is 5.02. The zero-order chi connectivity index (χ0) is 16.5. The number of amides is 1. The molecule has 116 valence electrons. The summed E-state index contributed by atoms with van der Waals surface area (Å²) in [6.07, 6.45) is -1.22. The molecular formula is C15H13N5O3. The van der Waals surface area contributed by atoms with Crippen molar-refractivity contribution in [3.05, 3.63) is 59.8 Å². The van der Waals surface area contributed by atoms with Crippen LogP contribution in [0.5, 0.6) is 0 Å². The third-order valence-corrected chi connectivity index (χ3v) is 2.63. The molecule has 2 rings (SSSR count). The zero-order valence-electron chi connectivity index (χ0n) is 11.9. The van der Waals surface area contributed by atoms with Crippen molar-refractivity contribution < 1.29 is 14.7 Å². The average Bonchev–Trinajstić information content (AvgIpc) is 2.58. The van der Waals surface area contributed by atoms with Gasteiger partial charge in [-0.3, -0.25) is 5.43 Å². The highest BCUT2D eigenvalue weighted by Crippen LogP contribution is 2.06. The minimum Gasteiger partial charge on any atom is -0.464 e. The van der Waals surface area contributed by atoms with Crippen LogP contribution in [0, 0.1) is 11.3 Å². The summed E-state index contributed by atoms with van der Waals surface area (Å²) in [6, 6.07) is 15.9. The number of nitriles is 1. The van der Waals surface area contributed by atoms with Crippen LogP contribution < -0.4 is 10.9 Å². The highest BCUT2D eigenvalue weighted by molar-refractivity contribution is 6.11. The van der Waals surface area contributed by atoms with Gasteiger partial charge >= 0.3 is 6.09 Å². The number of carbonyl (C=O) groups is 1. The molecule has 0 aliphatic carbocycles. The minimum atomic E-state index is -1.22. The molecule has 0 aliphatic rings. The van der Waals surface area contributed by atoms with Gasteiger partial charge in [0.25, 0.3) is 0 Å². The van der Waals surface area contributed by atoms with Crippen LogP contribution in [0.3, 0.4) is 0 Å². The molecule has 3 N–H and O–H groups in total. The van der Waals surface area contributed by atoms with Crippen LogP contribution in [0.25, 0.3) is 0 Å². The second kappa shape index (κ2) is 7.99. The van der Waals surface area contributed by atoms with Crippen LogP contribution >= 0.6 is 0 Å². The van der Waals surface area contributed by atoms with Gasteiger partial charge in [0.2, 0.25) is 0 Å². The van der Waals surface area contributed by atoms with Gasteiger partial charge in [-0.2, -0.15) is 5.26 Å². The van der Waals surface area contributed by atoms with E-state index in [2.05, 4.69) is 15.6 Å². The first kappa shape index (κ1) is 15.8. The Morgan fingerprint density at radius 3 is 2.74 bits per heavy atom. The van der Waals surface area contributed by atoms with Crippen molar-refractivity contribution >= 4 is 17.6 Å². The maximum absolute atomic E-state index is 10.4. The predicted molar refractivity (Wildman–Crippen MR) is 82.4 cm³/mol. The number of pyridine rings is 1. The molecular weight excluding hydrogens is 298 g/mol. The molecule has 8 nitrogen and oxygen atoms in total. The van der Waals surface area contributed by atoms with E-state index in [1.54, 1.807) is 42.5 Å². The van der Waals surface area contributed by atoms with Gasteiger partial charge in [0.15, 0.2) is 12.3 Å². The number of aromatic nitrogens is 1. The number of hydrogen-bond acceptors (Lipinski definition) is 6. The molecule has 0 unspecified atom stereocenters. The smallest absolute Gasteiger partial charge is 0.423 e. The Hall–Kier alpha value is -3.60. The van der Waals surface area contributed by atoms with Crippen molar-refractivity contribution in [2.45, 2.75) is 6.61 Å². The quantitative estimate of drug-likeness (QED) is 0.555. The average molecular weight is 311 g/mol. The Bertz CT molecular complexity index is 740. The molecule has 0 aliphatic heterocycles. The number of nitrogens with zero attached hydrogens (tertiary/aromatic N) is 3. The Labute approximate surface area is 132 Å². The summed E-state index contributed by atoms with van der Waals surface area (Å²) < 4.78 is 0. The number of rotatable bonds is 6. The fourth-order valence-electron chi connectivity index (χ4n) is 1.64. The number of oxime groups is 1. The highest BCUT2D eigenvalue weighted by atomic mass is 16.6. The molecule has 0 saturated heterocycles. The van der Waals surface area contributed by atoms with E-state index in [0.29, 0.717) is 17.1 Å². The van der Waals surface area contributed by atoms with E-state index in [0.717, 1.165) is 0 Å². The van der Waals surface area contributed by atoms with Crippen molar-refractivity contribution in [3.8, 4) is 6.07 Å². The van der Waals surface area contributed by atoms with Gasteiger partial charge in [-0.15, -0.1) is 0 Å². The largest absolute Gasteiger partial charge is 0.464 e. The molecule has 0 saturated carbocycles. The molecule has 0 spiro atoms. The summed E-state index contributed by atoms with van der Waals surface area (Å²) >= 11 is 0. The van der Waals surface area contributed by atoms with Crippen LogP contribution in [-0.4, -0.2) is 21.9 Å². The van der Waals surface area contributed by atoms with Crippen LogP contribution in [-0.2, 0) is 11.4 Å². The van der Waals surface area contributed by atoms with Gasteiger partial charge < -0.3 is 9.94 Å². The lowest BCUT2D eigenvalue weighted by Crippen LogP contribution is -2.27. The lowest BCUT2D eigenvalue weighted by atomic mass is 10.1. The van der Waals surface area contributed by atoms with Crippen molar-refractivity contribution in [2.75, 3.05) is 5.43 Å². The molecule has 23 heavy (non-hydrogen) atoms. The van der Waals surface area contributed by atoms with Gasteiger partial charge in [0.05, 0.1) is 5.69 Å². The molecule has 0 atom stereocenters. The van der Waals surface area contributed by atoms with E-state index < -0.39 is 6.09 Å². The molecule has 0 bridgehead atoms. The Morgan fingerprint density at radius 2 is 2.04 bits per heavy atom. The number of anilines is 1. The lowest BCUT2D eigenvalue weighted by Gasteiger charge is -2.06. The predicted octanol–water partition coefficient (Wildman–Crippen LogP) is 2.12. The number of nitrogens with one attached hydrogen (secondary N) is 2. The maximum atomic E-state index is 10.4. The van der Waals surface area contributed by atoms with Crippen molar-refractivity contribution in [3.63, 3.8) is 0 Å². The van der Waals surface area contributed by atoms with Crippen LogP contribution in [0.2, 0.25) is 0 Å². The van der Waals surface area contributed by atoms with E-state index >= 15 is 0 Å². The standard InChI is InChI=1S/C15H13N5O3/c16-9-13(11-5-2-1-3-6-11)20-23-10-12-7-4-8-14(17-12)18-19-15(21)22/h1-8,19H,10H2,(H,17,18)(H,21,22)/b20-13+. The zero-order valence-corrected chi connectivity index (χ0v) is 11.9. The topological polar surface area (TPSA) is 120 Å². The molecule has 1 amide bonds. The van der Waals surface area contributed by atoms with Gasteiger partial charge in [0.1, 0.15) is 11.9 Å². The molecule has 0 radical (unpaired) electrons. The summed E-state index contributed by atoms with van der Waals surface area (Å²) in [5.74, 6) is 0.320. The van der Waals surface area contributed by atoms with Crippen LogP contribution in [0.1, 0.15) is 11.3 Å². The van der Waals surface area contributed by atoms with Crippen molar-refractivity contribution in [2.24, 2.45) is 5.16 Å². The summed E-state index contributed by atoms with van der Waals surface area (Å²) in [6.45, 7) is 0.0423. The Morgan fingerprint density at radius 1 is 1.26 bits per heavy atom. The van der Waals surface area contributed by atoms with E-state index in [1.807, 2.05) is 17.6 Å².